The van der Waals surface area contributed by atoms with Crippen LogP contribution in [-0.4, -0.2) is 27.1 Å². The molecule has 0 spiro atoms. The van der Waals surface area contributed by atoms with E-state index in [0.717, 1.165) is 36.2 Å². The second-order valence-electron chi connectivity index (χ2n) is 2.76. The lowest BCUT2D eigenvalue weighted by atomic mass is 10.5. The highest BCUT2D eigenvalue weighted by molar-refractivity contribution is 7.99. The van der Waals surface area contributed by atoms with E-state index in [1.165, 1.54) is 0 Å². The topological polar surface area (TPSA) is 56.7 Å². The Balaban J connectivity index is 0. The Labute approximate surface area is 107 Å². The molecule has 0 saturated heterocycles. The largest absolute Gasteiger partial charge is 0.330 e. The van der Waals surface area contributed by atoms with Gasteiger partial charge in [0.25, 0.3) is 0 Å². The van der Waals surface area contributed by atoms with Crippen molar-refractivity contribution in [2.24, 2.45) is 5.73 Å². The molecule has 0 aliphatic rings. The van der Waals surface area contributed by atoms with Gasteiger partial charge in [-0.05, 0) is 26.8 Å². The number of hydrogen-bond donors (Lipinski definition) is 1. The minimum atomic E-state index is 0. The van der Waals surface area contributed by atoms with Crippen LogP contribution in [0.25, 0.3) is 0 Å². The molecule has 7 heteroatoms. The van der Waals surface area contributed by atoms with E-state index in [9.17, 15) is 0 Å². The Bertz CT molecular complexity index is 267. The number of nitrogens with zero attached hydrogens (tertiary/aromatic N) is 3. The van der Waals surface area contributed by atoms with Gasteiger partial charge in [-0.25, -0.2) is 0 Å². The highest BCUT2D eigenvalue weighted by Gasteiger charge is 2.06. The van der Waals surface area contributed by atoms with E-state index in [1.54, 1.807) is 11.8 Å². The highest BCUT2D eigenvalue weighted by atomic mass is 35.5. The molecule has 0 fully saturated rings. The predicted octanol–water partition coefficient (Wildman–Crippen LogP) is 1.89. The van der Waals surface area contributed by atoms with Crippen molar-refractivity contribution in [2.75, 3.05) is 12.3 Å². The molecule has 1 aromatic heterocycles. The summed E-state index contributed by atoms with van der Waals surface area (Å²) in [5.41, 5.74) is 5.41. The van der Waals surface area contributed by atoms with E-state index in [2.05, 4.69) is 21.7 Å². The van der Waals surface area contributed by atoms with Gasteiger partial charge >= 0.3 is 0 Å². The van der Waals surface area contributed by atoms with Gasteiger partial charge in [-0.15, -0.1) is 35.0 Å². The zero-order valence-corrected chi connectivity index (χ0v) is 11.4. The molecule has 0 atom stereocenters. The molecule has 0 amide bonds. The fourth-order valence-corrected chi connectivity index (χ4v) is 2.09. The Morgan fingerprint density at radius 2 is 2.00 bits per heavy atom. The molecule has 15 heavy (non-hydrogen) atoms. The van der Waals surface area contributed by atoms with Gasteiger partial charge in [0.05, 0.1) is 0 Å². The van der Waals surface area contributed by atoms with Gasteiger partial charge in [0.15, 0.2) is 5.16 Å². The van der Waals surface area contributed by atoms with Crippen LogP contribution < -0.4 is 5.73 Å². The second kappa shape index (κ2) is 9.27. The van der Waals surface area contributed by atoms with Gasteiger partial charge in [0.2, 0.25) is 0 Å². The molecular formula is C8H18Cl2N4S. The third-order valence-corrected chi connectivity index (χ3v) is 2.85. The number of halogens is 2. The third-order valence-electron chi connectivity index (χ3n) is 1.80. The van der Waals surface area contributed by atoms with E-state index in [0.29, 0.717) is 0 Å². The average Bonchev–Trinajstić information content (AvgIpc) is 2.47. The molecule has 0 aliphatic heterocycles. The van der Waals surface area contributed by atoms with Crippen LogP contribution in [0.1, 0.15) is 19.2 Å². The molecule has 0 unspecified atom stereocenters. The Morgan fingerprint density at radius 3 is 2.53 bits per heavy atom. The third kappa shape index (κ3) is 5.06. The van der Waals surface area contributed by atoms with E-state index in [4.69, 9.17) is 5.73 Å². The van der Waals surface area contributed by atoms with Crippen LogP contribution in [0.5, 0.6) is 0 Å². The lowest BCUT2D eigenvalue weighted by Gasteiger charge is -2.03. The molecule has 0 aliphatic carbocycles. The summed E-state index contributed by atoms with van der Waals surface area (Å²) in [6, 6.07) is 0. The zero-order valence-electron chi connectivity index (χ0n) is 8.97. The molecular weight excluding hydrogens is 255 g/mol. The zero-order chi connectivity index (χ0) is 9.68. The maximum atomic E-state index is 5.41. The van der Waals surface area contributed by atoms with Crippen molar-refractivity contribution >= 4 is 36.6 Å². The number of aryl methyl sites for hydroxylation is 1. The fraction of sp³-hybridized carbons (Fsp3) is 0.750. The van der Waals surface area contributed by atoms with Gasteiger partial charge in [0, 0.05) is 12.3 Å². The molecule has 90 valence electrons. The lowest BCUT2D eigenvalue weighted by Crippen LogP contribution is -2.02. The Morgan fingerprint density at radius 1 is 1.33 bits per heavy atom. The first kappa shape index (κ1) is 17.4. The van der Waals surface area contributed by atoms with Crippen LogP contribution in [0, 0.1) is 6.92 Å². The first-order chi connectivity index (χ1) is 6.29. The van der Waals surface area contributed by atoms with Gasteiger partial charge in [0.1, 0.15) is 5.82 Å². The Hall–Kier alpha value is 0.0300. The van der Waals surface area contributed by atoms with Gasteiger partial charge in [-0.3, -0.25) is 0 Å². The van der Waals surface area contributed by atoms with Crippen molar-refractivity contribution in [1.82, 2.24) is 14.8 Å². The molecule has 1 rings (SSSR count). The van der Waals surface area contributed by atoms with Crippen LogP contribution in [0.15, 0.2) is 5.16 Å². The normalized spacial score (nSPS) is 9.27. The lowest BCUT2D eigenvalue weighted by molar-refractivity contribution is 0.661. The van der Waals surface area contributed by atoms with Crippen molar-refractivity contribution in [3.8, 4) is 0 Å². The van der Waals surface area contributed by atoms with Crippen LogP contribution in [0.4, 0.5) is 0 Å². The fourth-order valence-electron chi connectivity index (χ4n) is 1.08. The monoisotopic (exact) mass is 272 g/mol. The summed E-state index contributed by atoms with van der Waals surface area (Å²) in [6.07, 6.45) is 1.03. The molecule has 4 nitrogen and oxygen atoms in total. The first-order valence-corrected chi connectivity index (χ1v) is 5.50. The maximum Gasteiger partial charge on any atom is 0.191 e. The second-order valence-corrected chi connectivity index (χ2v) is 3.83. The van der Waals surface area contributed by atoms with Crippen LogP contribution in [0.3, 0.4) is 0 Å². The van der Waals surface area contributed by atoms with Gasteiger partial charge in [-0.2, -0.15) is 0 Å². The van der Waals surface area contributed by atoms with Crippen molar-refractivity contribution in [3.63, 3.8) is 0 Å². The maximum absolute atomic E-state index is 5.41. The van der Waals surface area contributed by atoms with E-state index < -0.39 is 0 Å². The van der Waals surface area contributed by atoms with E-state index in [1.807, 2.05) is 6.92 Å². The predicted molar refractivity (Wildman–Crippen MR) is 69.3 cm³/mol. The van der Waals surface area contributed by atoms with E-state index in [-0.39, 0.29) is 24.8 Å². The van der Waals surface area contributed by atoms with E-state index >= 15 is 0 Å². The quantitative estimate of drug-likeness (QED) is 0.657. The van der Waals surface area contributed by atoms with Crippen molar-refractivity contribution < 1.29 is 0 Å². The number of thioether (sulfide) groups is 1. The van der Waals surface area contributed by atoms with Crippen molar-refractivity contribution in [2.45, 2.75) is 32.0 Å². The smallest absolute Gasteiger partial charge is 0.191 e. The molecule has 0 saturated carbocycles. The molecule has 0 bridgehead atoms. The summed E-state index contributed by atoms with van der Waals surface area (Å²) in [6.45, 7) is 5.75. The summed E-state index contributed by atoms with van der Waals surface area (Å²) in [5, 5.41) is 9.13. The summed E-state index contributed by atoms with van der Waals surface area (Å²) in [4.78, 5) is 0. The molecule has 0 radical (unpaired) electrons. The van der Waals surface area contributed by atoms with Crippen LogP contribution in [0.2, 0.25) is 0 Å². The molecule has 1 heterocycles. The van der Waals surface area contributed by atoms with Crippen LogP contribution >= 0.6 is 36.6 Å². The summed E-state index contributed by atoms with van der Waals surface area (Å²) in [5.74, 6) is 2.01. The molecule has 1 aromatic rings. The number of nitrogens with two attached hydrogens (primary N) is 1. The van der Waals surface area contributed by atoms with Crippen molar-refractivity contribution in [1.29, 1.82) is 0 Å². The average molecular weight is 273 g/mol. The SMILES string of the molecule is CCn1c(C)nnc1SCCCN.Cl.Cl. The summed E-state index contributed by atoms with van der Waals surface area (Å²) >= 11 is 1.73. The molecule has 2 N–H and O–H groups in total. The van der Waals surface area contributed by atoms with Gasteiger partial charge < -0.3 is 10.3 Å². The minimum absolute atomic E-state index is 0. The number of rotatable bonds is 5. The first-order valence-electron chi connectivity index (χ1n) is 4.52. The van der Waals surface area contributed by atoms with Gasteiger partial charge in [-0.1, -0.05) is 11.8 Å². The Kier molecular flexibility index (Phi) is 10.8. The minimum Gasteiger partial charge on any atom is -0.330 e. The highest BCUT2D eigenvalue weighted by Crippen LogP contribution is 2.16. The standard InChI is InChI=1S/C8H16N4S.2ClH/c1-3-12-7(2)10-11-8(12)13-6-4-5-9;;/h3-6,9H2,1-2H3;2*1H. The number of hydrogen-bond acceptors (Lipinski definition) is 4. The summed E-state index contributed by atoms with van der Waals surface area (Å²) in [7, 11) is 0. The summed E-state index contributed by atoms with van der Waals surface area (Å²) < 4.78 is 2.11. The van der Waals surface area contributed by atoms with Crippen LogP contribution in [-0.2, 0) is 6.54 Å². The molecule has 0 aromatic carbocycles. The van der Waals surface area contributed by atoms with Crippen molar-refractivity contribution in [3.05, 3.63) is 5.82 Å². The number of aromatic nitrogens is 3.